The predicted molar refractivity (Wildman–Crippen MR) is 93.8 cm³/mol. The maximum atomic E-state index is 6.02. The highest BCUT2D eigenvalue weighted by Crippen LogP contribution is 2.26. The van der Waals surface area contributed by atoms with E-state index in [-0.39, 0.29) is 0 Å². The minimum Gasteiger partial charge on any atom is -0.497 e. The third kappa shape index (κ3) is 4.61. The van der Waals surface area contributed by atoms with Crippen molar-refractivity contribution in [3.05, 3.63) is 29.8 Å². The molecule has 126 valence electrons. The van der Waals surface area contributed by atoms with Crippen LogP contribution in [-0.2, 0) is 0 Å². The first-order valence-corrected chi connectivity index (χ1v) is 8.70. The number of piperidine rings is 1. The Balaban J connectivity index is 1.71. The van der Waals surface area contributed by atoms with E-state index in [1.807, 2.05) is 12.1 Å². The van der Waals surface area contributed by atoms with Gasteiger partial charge in [-0.25, -0.2) is 0 Å². The number of nitrogens with two attached hydrogens (primary N) is 1. The summed E-state index contributed by atoms with van der Waals surface area (Å²) < 4.78 is 5.27. The lowest BCUT2D eigenvalue weighted by atomic mass is 10.0. The number of nitrogens with one attached hydrogen (secondary N) is 1. The van der Waals surface area contributed by atoms with Gasteiger partial charge in [-0.3, -0.25) is 9.89 Å². The Labute approximate surface area is 138 Å². The molecule has 2 aliphatic rings. The van der Waals surface area contributed by atoms with Crippen LogP contribution in [0.5, 0.6) is 5.75 Å². The second kappa shape index (κ2) is 7.68. The molecule has 3 N–H and O–H groups in total. The third-order valence-electron chi connectivity index (χ3n) is 4.70. The Bertz CT molecular complexity index is 518. The van der Waals surface area contributed by atoms with Gasteiger partial charge in [0.1, 0.15) is 5.75 Å². The van der Waals surface area contributed by atoms with Crippen LogP contribution in [0.1, 0.15) is 43.7 Å². The summed E-state index contributed by atoms with van der Waals surface area (Å²) in [7, 11) is 1.70. The van der Waals surface area contributed by atoms with Gasteiger partial charge in [0.2, 0.25) is 0 Å². The van der Waals surface area contributed by atoms with Gasteiger partial charge >= 0.3 is 0 Å². The molecule has 0 radical (unpaired) electrons. The maximum absolute atomic E-state index is 6.02. The number of hydrogen-bond acceptors (Lipinski definition) is 3. The van der Waals surface area contributed by atoms with E-state index in [9.17, 15) is 0 Å². The van der Waals surface area contributed by atoms with E-state index in [1.165, 1.54) is 37.7 Å². The number of hydrogen-bond donors (Lipinski definition) is 2. The molecule has 1 saturated carbocycles. The number of ether oxygens (including phenoxy) is 1. The summed E-state index contributed by atoms with van der Waals surface area (Å²) in [4.78, 5) is 7.15. The average molecular weight is 316 g/mol. The van der Waals surface area contributed by atoms with Crippen molar-refractivity contribution >= 4 is 5.96 Å². The Kier molecular flexibility index (Phi) is 5.39. The van der Waals surface area contributed by atoms with E-state index < -0.39 is 0 Å². The number of benzene rings is 1. The van der Waals surface area contributed by atoms with Gasteiger partial charge in [-0.1, -0.05) is 18.6 Å². The fourth-order valence-corrected chi connectivity index (χ4v) is 3.16. The van der Waals surface area contributed by atoms with Gasteiger partial charge in [-0.15, -0.1) is 0 Å². The first-order valence-electron chi connectivity index (χ1n) is 8.70. The standard InChI is InChI=1S/C18H28N4O/c1-23-16-9-5-14(6-10-16)17(22-11-3-2-4-12-22)13-20-18(19)21-15-7-8-15/h5-6,9-10,15,17H,2-4,7-8,11-13H2,1H3,(H3,19,20,21). The molecule has 1 heterocycles. The van der Waals surface area contributed by atoms with Crippen molar-refractivity contribution in [1.29, 1.82) is 0 Å². The van der Waals surface area contributed by atoms with Crippen molar-refractivity contribution in [3.63, 3.8) is 0 Å². The zero-order valence-electron chi connectivity index (χ0n) is 14.0. The molecule has 1 aliphatic heterocycles. The Morgan fingerprint density at radius 3 is 2.57 bits per heavy atom. The fourth-order valence-electron chi connectivity index (χ4n) is 3.16. The highest BCUT2D eigenvalue weighted by molar-refractivity contribution is 5.78. The first kappa shape index (κ1) is 16.1. The number of guanidine groups is 1. The molecule has 0 spiro atoms. The lowest BCUT2D eigenvalue weighted by Gasteiger charge is -2.34. The van der Waals surface area contributed by atoms with Crippen LogP contribution < -0.4 is 15.8 Å². The summed E-state index contributed by atoms with van der Waals surface area (Å²) in [6.45, 7) is 2.99. The van der Waals surface area contributed by atoms with Gasteiger partial charge in [0.05, 0.1) is 19.7 Å². The number of likely N-dealkylation sites (tertiary alicyclic amines) is 1. The molecule has 1 saturated heterocycles. The fraction of sp³-hybridized carbons (Fsp3) is 0.611. The van der Waals surface area contributed by atoms with Gasteiger partial charge in [0, 0.05) is 6.04 Å². The average Bonchev–Trinajstić information content (AvgIpc) is 3.40. The second-order valence-electron chi connectivity index (χ2n) is 6.53. The highest BCUT2D eigenvalue weighted by Gasteiger charge is 2.24. The minimum atomic E-state index is 0.292. The van der Waals surface area contributed by atoms with Crippen LogP contribution in [0.2, 0.25) is 0 Å². The number of nitrogens with zero attached hydrogens (tertiary/aromatic N) is 2. The molecule has 0 aromatic heterocycles. The van der Waals surface area contributed by atoms with E-state index >= 15 is 0 Å². The van der Waals surface area contributed by atoms with E-state index in [2.05, 4.69) is 27.3 Å². The van der Waals surface area contributed by atoms with Crippen molar-refractivity contribution in [2.75, 3.05) is 26.7 Å². The van der Waals surface area contributed by atoms with Gasteiger partial charge < -0.3 is 15.8 Å². The second-order valence-corrected chi connectivity index (χ2v) is 6.53. The molecule has 1 aromatic rings. The quantitative estimate of drug-likeness (QED) is 0.624. The van der Waals surface area contributed by atoms with Crippen molar-refractivity contribution < 1.29 is 4.74 Å². The molecular weight excluding hydrogens is 288 g/mol. The maximum Gasteiger partial charge on any atom is 0.188 e. The molecule has 1 atom stereocenters. The topological polar surface area (TPSA) is 62.9 Å². The van der Waals surface area contributed by atoms with Gasteiger partial charge in [-0.05, 0) is 56.5 Å². The van der Waals surface area contributed by atoms with Gasteiger partial charge in [0.25, 0.3) is 0 Å². The summed E-state index contributed by atoms with van der Waals surface area (Å²) >= 11 is 0. The number of aliphatic imine (C=N–C) groups is 1. The zero-order valence-corrected chi connectivity index (χ0v) is 14.0. The monoisotopic (exact) mass is 316 g/mol. The summed E-state index contributed by atoms with van der Waals surface area (Å²) in [5, 5.41) is 3.27. The van der Waals surface area contributed by atoms with E-state index in [0.717, 1.165) is 18.8 Å². The van der Waals surface area contributed by atoms with Crippen LogP contribution in [0.4, 0.5) is 0 Å². The molecule has 5 nitrogen and oxygen atoms in total. The van der Waals surface area contributed by atoms with E-state index in [1.54, 1.807) is 7.11 Å². The van der Waals surface area contributed by atoms with Crippen LogP contribution in [0, 0.1) is 0 Å². The summed E-state index contributed by atoms with van der Waals surface area (Å²) in [6.07, 6.45) is 6.30. The van der Waals surface area contributed by atoms with Crippen LogP contribution in [0.15, 0.2) is 29.3 Å². The lowest BCUT2D eigenvalue weighted by molar-refractivity contribution is 0.167. The smallest absolute Gasteiger partial charge is 0.188 e. The molecule has 5 heteroatoms. The van der Waals surface area contributed by atoms with Crippen LogP contribution in [0.25, 0.3) is 0 Å². The van der Waals surface area contributed by atoms with Crippen LogP contribution >= 0.6 is 0 Å². The Hall–Kier alpha value is -1.75. The molecule has 1 aliphatic carbocycles. The van der Waals surface area contributed by atoms with Gasteiger partial charge in [0.15, 0.2) is 5.96 Å². The van der Waals surface area contributed by atoms with E-state index in [0.29, 0.717) is 24.6 Å². The largest absolute Gasteiger partial charge is 0.497 e. The molecule has 23 heavy (non-hydrogen) atoms. The normalized spacial score (nSPS) is 21.0. The van der Waals surface area contributed by atoms with E-state index in [4.69, 9.17) is 10.5 Å². The molecule has 0 amide bonds. The molecule has 1 unspecified atom stereocenters. The summed E-state index contributed by atoms with van der Waals surface area (Å²) in [6, 6.07) is 9.20. The molecular formula is C18H28N4O. The Morgan fingerprint density at radius 1 is 1.26 bits per heavy atom. The molecule has 0 bridgehead atoms. The minimum absolute atomic E-state index is 0.292. The number of methoxy groups -OCH3 is 1. The van der Waals surface area contributed by atoms with Gasteiger partial charge in [-0.2, -0.15) is 0 Å². The highest BCUT2D eigenvalue weighted by atomic mass is 16.5. The van der Waals surface area contributed by atoms with Crippen LogP contribution in [-0.4, -0.2) is 43.6 Å². The number of rotatable bonds is 6. The first-order chi connectivity index (χ1) is 11.3. The lowest BCUT2D eigenvalue weighted by Crippen LogP contribution is -2.37. The van der Waals surface area contributed by atoms with Crippen molar-refractivity contribution in [2.45, 2.75) is 44.2 Å². The van der Waals surface area contributed by atoms with Crippen molar-refractivity contribution in [3.8, 4) is 5.75 Å². The predicted octanol–water partition coefficient (Wildman–Crippen LogP) is 2.29. The van der Waals surface area contributed by atoms with Crippen molar-refractivity contribution in [1.82, 2.24) is 10.2 Å². The molecule has 1 aromatic carbocycles. The zero-order chi connectivity index (χ0) is 16.1. The van der Waals surface area contributed by atoms with Crippen LogP contribution in [0.3, 0.4) is 0 Å². The molecule has 3 rings (SSSR count). The summed E-state index contributed by atoms with van der Waals surface area (Å²) in [5.41, 5.74) is 7.30. The third-order valence-corrected chi connectivity index (χ3v) is 4.70. The SMILES string of the molecule is COc1ccc(C(CN=C(N)NC2CC2)N2CCCCC2)cc1. The molecule has 2 fully saturated rings. The summed E-state index contributed by atoms with van der Waals surface area (Å²) in [5.74, 6) is 1.48. The Morgan fingerprint density at radius 2 is 1.96 bits per heavy atom. The van der Waals surface area contributed by atoms with Crippen molar-refractivity contribution in [2.24, 2.45) is 10.7 Å².